The molecule has 0 unspecified atom stereocenters. The first-order valence-corrected chi connectivity index (χ1v) is 11.0. The lowest BCUT2D eigenvalue weighted by molar-refractivity contribution is 0.0554. The van der Waals surface area contributed by atoms with E-state index >= 15 is 0 Å². The van der Waals surface area contributed by atoms with Crippen LogP contribution in [0.1, 0.15) is 59.8 Å². The quantitative estimate of drug-likeness (QED) is 0.473. The van der Waals surface area contributed by atoms with Crippen molar-refractivity contribution in [3.63, 3.8) is 0 Å². The Morgan fingerprint density at radius 2 is 1.88 bits per heavy atom. The van der Waals surface area contributed by atoms with Crippen molar-refractivity contribution < 1.29 is 13.6 Å². The number of benzene rings is 1. The molecule has 10 heteroatoms. The molecule has 5 heterocycles. The zero-order valence-electron chi connectivity index (χ0n) is 17.6. The molecule has 2 aliphatic heterocycles. The van der Waals surface area contributed by atoms with Crippen LogP contribution in [-0.2, 0) is 0 Å². The highest BCUT2D eigenvalue weighted by Gasteiger charge is 2.46. The zero-order chi connectivity index (χ0) is 22.5. The van der Waals surface area contributed by atoms with Crippen LogP contribution >= 0.6 is 0 Å². The molecule has 0 saturated carbocycles. The van der Waals surface area contributed by atoms with Gasteiger partial charge in [0, 0.05) is 36.0 Å². The number of carbonyl (C=O) groups is 1. The molecule has 6 rings (SSSR count). The second kappa shape index (κ2) is 7.72. The molecule has 1 amide bonds. The lowest BCUT2D eigenvalue weighted by Gasteiger charge is -2.40. The van der Waals surface area contributed by atoms with E-state index in [1.807, 2.05) is 41.4 Å². The van der Waals surface area contributed by atoms with Crippen LogP contribution < -0.4 is 0 Å². The van der Waals surface area contributed by atoms with Gasteiger partial charge in [-0.15, -0.1) is 0 Å². The number of hydrogen-bond acceptors (Lipinski definition) is 5. The molecule has 0 radical (unpaired) electrons. The van der Waals surface area contributed by atoms with E-state index in [1.54, 1.807) is 10.9 Å². The summed E-state index contributed by atoms with van der Waals surface area (Å²) in [5.41, 5.74) is 1.82. The number of alkyl halides is 2. The van der Waals surface area contributed by atoms with Crippen LogP contribution in [0.3, 0.4) is 0 Å². The van der Waals surface area contributed by atoms with E-state index in [0.717, 1.165) is 31.4 Å². The second-order valence-electron chi connectivity index (χ2n) is 8.57. The van der Waals surface area contributed by atoms with Crippen molar-refractivity contribution in [2.24, 2.45) is 0 Å². The number of aromatic nitrogens is 6. The van der Waals surface area contributed by atoms with Gasteiger partial charge in [0.15, 0.2) is 0 Å². The molecule has 2 fully saturated rings. The number of fused-ring (bicyclic) bond motifs is 3. The minimum absolute atomic E-state index is 0.0304. The van der Waals surface area contributed by atoms with Crippen LogP contribution in [-0.4, -0.2) is 52.3 Å². The Morgan fingerprint density at radius 1 is 1.06 bits per heavy atom. The number of amides is 1. The standard InChI is InChI=1S/C23H21F2N7O/c24-21(25)18-12-20(32-23(29-18)26-13-28-32)17-8-6-16-7-9-19(17)31(16)22(33)14-2-4-15(5-3-14)30-11-1-10-27-30/h1-5,10-13,16-17,19,21H,6-9H2/t16-,17-,19-/m0/s1. The van der Waals surface area contributed by atoms with Gasteiger partial charge in [0.05, 0.1) is 11.4 Å². The summed E-state index contributed by atoms with van der Waals surface area (Å²) in [6.45, 7) is 0. The third kappa shape index (κ3) is 3.28. The molecule has 0 N–H and O–H groups in total. The molecule has 0 aliphatic carbocycles. The second-order valence-corrected chi connectivity index (χ2v) is 8.57. The topological polar surface area (TPSA) is 81.2 Å². The fraction of sp³-hybridized carbons (Fsp3) is 0.348. The number of rotatable bonds is 4. The highest BCUT2D eigenvalue weighted by Crippen LogP contribution is 2.45. The Kier molecular flexibility index (Phi) is 4.67. The van der Waals surface area contributed by atoms with Crippen molar-refractivity contribution in [2.75, 3.05) is 0 Å². The third-order valence-electron chi connectivity index (χ3n) is 6.84. The van der Waals surface area contributed by atoms with E-state index in [4.69, 9.17) is 0 Å². The maximum atomic E-state index is 13.6. The first-order chi connectivity index (χ1) is 16.1. The van der Waals surface area contributed by atoms with Gasteiger partial charge in [-0.3, -0.25) is 4.79 Å². The molecule has 2 saturated heterocycles. The van der Waals surface area contributed by atoms with Crippen LogP contribution in [0, 0.1) is 0 Å². The maximum absolute atomic E-state index is 13.6. The first kappa shape index (κ1) is 20.0. The summed E-state index contributed by atoms with van der Waals surface area (Å²) < 4.78 is 30.3. The lowest BCUT2D eigenvalue weighted by Crippen LogP contribution is -2.47. The number of halogens is 2. The number of carbonyl (C=O) groups excluding carboxylic acids is 1. The lowest BCUT2D eigenvalue weighted by atomic mass is 9.86. The van der Waals surface area contributed by atoms with E-state index in [9.17, 15) is 13.6 Å². The van der Waals surface area contributed by atoms with E-state index in [2.05, 4.69) is 20.2 Å². The molecular weight excluding hydrogens is 428 g/mol. The van der Waals surface area contributed by atoms with E-state index in [1.165, 1.54) is 16.9 Å². The van der Waals surface area contributed by atoms with Gasteiger partial charge in [-0.25, -0.2) is 23.0 Å². The Hall–Kier alpha value is -3.69. The van der Waals surface area contributed by atoms with Crippen molar-refractivity contribution in [3.8, 4) is 5.69 Å². The molecule has 2 bridgehead atoms. The van der Waals surface area contributed by atoms with Gasteiger partial charge >= 0.3 is 0 Å². The van der Waals surface area contributed by atoms with Crippen LogP contribution in [0.2, 0.25) is 0 Å². The summed E-state index contributed by atoms with van der Waals surface area (Å²) in [7, 11) is 0. The van der Waals surface area contributed by atoms with Crippen molar-refractivity contribution >= 4 is 11.7 Å². The summed E-state index contributed by atoms with van der Waals surface area (Å²) in [4.78, 5) is 23.5. The van der Waals surface area contributed by atoms with Crippen molar-refractivity contribution in [1.82, 2.24) is 34.3 Å². The average Bonchev–Trinajstić information content (AvgIpc) is 3.58. The minimum Gasteiger partial charge on any atom is -0.332 e. The van der Waals surface area contributed by atoms with E-state index in [-0.39, 0.29) is 35.4 Å². The van der Waals surface area contributed by atoms with Gasteiger partial charge in [-0.05, 0) is 62.1 Å². The van der Waals surface area contributed by atoms with E-state index in [0.29, 0.717) is 11.3 Å². The van der Waals surface area contributed by atoms with Crippen molar-refractivity contribution in [2.45, 2.75) is 50.1 Å². The molecule has 4 aromatic rings. The summed E-state index contributed by atoms with van der Waals surface area (Å²) in [5, 5.41) is 8.44. The van der Waals surface area contributed by atoms with Gasteiger partial charge in [0.25, 0.3) is 18.1 Å². The average molecular weight is 449 g/mol. The Bertz CT molecular complexity index is 1300. The SMILES string of the molecule is O=C(c1ccc(-n2cccn2)cc1)N1[C@H]2CC[C@H](c3cc(C(F)F)nc4ncnn34)[C@@H]1CC2. The van der Waals surface area contributed by atoms with Gasteiger partial charge in [0.2, 0.25) is 0 Å². The van der Waals surface area contributed by atoms with Gasteiger partial charge in [-0.2, -0.15) is 15.2 Å². The maximum Gasteiger partial charge on any atom is 0.280 e. The number of hydrogen-bond donors (Lipinski definition) is 0. The Labute approximate surface area is 187 Å². The fourth-order valence-electron chi connectivity index (χ4n) is 5.37. The van der Waals surface area contributed by atoms with Gasteiger partial charge in [0.1, 0.15) is 12.0 Å². The zero-order valence-corrected chi connectivity index (χ0v) is 17.6. The highest BCUT2D eigenvalue weighted by molar-refractivity contribution is 5.95. The van der Waals surface area contributed by atoms with E-state index < -0.39 is 6.43 Å². The monoisotopic (exact) mass is 449 g/mol. The number of piperidine rings is 1. The molecule has 33 heavy (non-hydrogen) atoms. The Balaban J connectivity index is 1.33. The minimum atomic E-state index is -2.70. The molecule has 3 atom stereocenters. The predicted octanol–water partition coefficient (Wildman–Crippen LogP) is 3.80. The first-order valence-electron chi connectivity index (χ1n) is 11.0. The molecule has 2 aliphatic rings. The summed E-state index contributed by atoms with van der Waals surface area (Å²) in [5.74, 6) is 0.0212. The van der Waals surface area contributed by atoms with Crippen LogP contribution in [0.25, 0.3) is 11.5 Å². The van der Waals surface area contributed by atoms with Gasteiger partial charge in [-0.1, -0.05) is 0 Å². The number of nitrogens with zero attached hydrogens (tertiary/aromatic N) is 7. The largest absolute Gasteiger partial charge is 0.332 e. The summed E-state index contributed by atoms with van der Waals surface area (Å²) >= 11 is 0. The van der Waals surface area contributed by atoms with Crippen molar-refractivity contribution in [1.29, 1.82) is 0 Å². The van der Waals surface area contributed by atoms with Crippen LogP contribution in [0.4, 0.5) is 8.78 Å². The molecule has 168 valence electrons. The molecule has 3 aromatic heterocycles. The van der Waals surface area contributed by atoms with Crippen LogP contribution in [0.15, 0.2) is 55.1 Å². The van der Waals surface area contributed by atoms with Gasteiger partial charge < -0.3 is 4.90 Å². The fourth-order valence-corrected chi connectivity index (χ4v) is 5.37. The third-order valence-corrected chi connectivity index (χ3v) is 6.84. The summed E-state index contributed by atoms with van der Waals surface area (Å²) in [6, 6.07) is 10.7. The van der Waals surface area contributed by atoms with Crippen LogP contribution in [0.5, 0.6) is 0 Å². The summed E-state index contributed by atoms with van der Waals surface area (Å²) in [6.07, 6.45) is 5.54. The molecule has 8 nitrogen and oxygen atoms in total. The Morgan fingerprint density at radius 3 is 2.64 bits per heavy atom. The molecular formula is C23H21F2N7O. The normalized spacial score (nSPS) is 22.4. The molecule has 0 spiro atoms. The highest BCUT2D eigenvalue weighted by atomic mass is 19.3. The predicted molar refractivity (Wildman–Crippen MR) is 114 cm³/mol. The smallest absolute Gasteiger partial charge is 0.280 e. The van der Waals surface area contributed by atoms with Crippen molar-refractivity contribution in [3.05, 3.63) is 72.1 Å². The molecule has 1 aromatic carbocycles.